The molecular formula is C83H144O5. The molecule has 0 saturated heterocycles. The van der Waals surface area contributed by atoms with Crippen LogP contribution in [0.2, 0.25) is 0 Å². The summed E-state index contributed by atoms with van der Waals surface area (Å²) in [6.45, 7) is 4.05. The first-order chi connectivity index (χ1) is 43.6. The van der Waals surface area contributed by atoms with E-state index >= 15 is 0 Å². The smallest absolute Gasteiger partial charge is 0.306 e. The summed E-state index contributed by atoms with van der Waals surface area (Å²) < 4.78 is 10.8. The van der Waals surface area contributed by atoms with Crippen LogP contribution in [0.25, 0.3) is 0 Å². The number of aliphatic hydroxyl groups excluding tert-OH is 1. The summed E-state index contributed by atoms with van der Waals surface area (Å²) in [6, 6.07) is 0. The van der Waals surface area contributed by atoms with Crippen molar-refractivity contribution in [3.8, 4) is 0 Å². The van der Waals surface area contributed by atoms with Gasteiger partial charge in [0.1, 0.15) is 6.61 Å². The zero-order valence-electron chi connectivity index (χ0n) is 58.2. The molecule has 1 N–H and O–H groups in total. The van der Waals surface area contributed by atoms with Gasteiger partial charge >= 0.3 is 11.9 Å². The average molecular weight is 1220 g/mol. The predicted octanol–water partition coefficient (Wildman–Crippen LogP) is 26.9. The van der Waals surface area contributed by atoms with Crippen LogP contribution in [-0.4, -0.2) is 36.4 Å². The van der Waals surface area contributed by atoms with Gasteiger partial charge in [-0.15, -0.1) is 0 Å². The SMILES string of the molecule is CC/C=C\C/C=C\C/C=C\C/C=C\C/C=C\C/C=C\C/C=C\C/C=C\CCCCCCCCCCCCC(=O)OC(CO)COC(=O)CCCCCCCCCCCCCCCCCCCCCCCCCCCCC/C=C\C/C=C\CCCCCCC. The van der Waals surface area contributed by atoms with Crippen molar-refractivity contribution >= 4 is 11.9 Å². The molecule has 0 bridgehead atoms. The largest absolute Gasteiger partial charge is 0.462 e. The first-order valence-electron chi connectivity index (χ1n) is 38.1. The van der Waals surface area contributed by atoms with Crippen molar-refractivity contribution in [2.45, 2.75) is 380 Å². The highest BCUT2D eigenvalue weighted by Crippen LogP contribution is 2.18. The van der Waals surface area contributed by atoms with Crippen LogP contribution in [-0.2, 0) is 19.1 Å². The Labute approximate surface area is 547 Å². The molecule has 5 heteroatoms. The van der Waals surface area contributed by atoms with E-state index in [2.05, 4.69) is 135 Å². The molecule has 0 amide bonds. The van der Waals surface area contributed by atoms with E-state index < -0.39 is 6.10 Å². The number of carbonyl (C=O) groups is 2. The van der Waals surface area contributed by atoms with E-state index in [1.807, 2.05) is 0 Å². The molecule has 0 aliphatic carbocycles. The molecule has 0 spiro atoms. The Morgan fingerprint density at radius 3 is 0.739 bits per heavy atom. The first kappa shape index (κ1) is 84.3. The van der Waals surface area contributed by atoms with Crippen molar-refractivity contribution in [2.24, 2.45) is 0 Å². The van der Waals surface area contributed by atoms with E-state index in [4.69, 9.17) is 9.47 Å². The number of esters is 2. The van der Waals surface area contributed by atoms with Gasteiger partial charge in [0.05, 0.1) is 6.61 Å². The quantitative estimate of drug-likeness (QED) is 0.0373. The minimum Gasteiger partial charge on any atom is -0.462 e. The number of hydrogen-bond donors (Lipinski definition) is 1. The molecule has 88 heavy (non-hydrogen) atoms. The highest BCUT2D eigenvalue weighted by atomic mass is 16.6. The molecule has 0 radical (unpaired) electrons. The summed E-state index contributed by atoms with van der Waals surface area (Å²) in [6.07, 6.45) is 114. The topological polar surface area (TPSA) is 72.8 Å². The maximum absolute atomic E-state index is 12.4. The summed E-state index contributed by atoms with van der Waals surface area (Å²) in [7, 11) is 0. The van der Waals surface area contributed by atoms with Crippen molar-refractivity contribution in [3.63, 3.8) is 0 Å². The molecule has 0 heterocycles. The van der Waals surface area contributed by atoms with Crippen LogP contribution >= 0.6 is 0 Å². The second-order valence-electron chi connectivity index (χ2n) is 25.3. The zero-order valence-corrected chi connectivity index (χ0v) is 58.2. The number of unbranched alkanes of at least 4 members (excludes halogenated alkanes) is 42. The molecule has 1 unspecified atom stereocenters. The van der Waals surface area contributed by atoms with E-state index in [-0.39, 0.29) is 25.2 Å². The Hall–Kier alpha value is -3.70. The van der Waals surface area contributed by atoms with Crippen LogP contribution in [0.4, 0.5) is 0 Å². The van der Waals surface area contributed by atoms with Gasteiger partial charge < -0.3 is 14.6 Å². The van der Waals surface area contributed by atoms with Gasteiger partial charge in [0.15, 0.2) is 6.10 Å². The Bertz CT molecular complexity index is 1720. The van der Waals surface area contributed by atoms with Crippen molar-refractivity contribution in [3.05, 3.63) is 122 Å². The van der Waals surface area contributed by atoms with Gasteiger partial charge in [-0.3, -0.25) is 9.59 Å². The monoisotopic (exact) mass is 1220 g/mol. The Kier molecular flexibility index (Phi) is 74.3. The third-order valence-electron chi connectivity index (χ3n) is 16.7. The van der Waals surface area contributed by atoms with Crippen LogP contribution in [0.1, 0.15) is 373 Å². The fourth-order valence-electron chi connectivity index (χ4n) is 11.1. The minimum absolute atomic E-state index is 0.0692. The summed E-state index contributed by atoms with van der Waals surface area (Å²) in [4.78, 5) is 24.7. The van der Waals surface area contributed by atoms with Crippen LogP contribution < -0.4 is 0 Å². The number of rotatable bonds is 70. The second-order valence-corrected chi connectivity index (χ2v) is 25.3. The van der Waals surface area contributed by atoms with Crippen LogP contribution in [0.5, 0.6) is 0 Å². The first-order valence-corrected chi connectivity index (χ1v) is 38.1. The normalized spacial score (nSPS) is 12.9. The van der Waals surface area contributed by atoms with Crippen LogP contribution in [0.15, 0.2) is 122 Å². The van der Waals surface area contributed by atoms with Gasteiger partial charge in [-0.1, -0.05) is 373 Å². The average Bonchev–Trinajstić information content (AvgIpc) is 3.54. The molecule has 0 aromatic heterocycles. The number of hydrogen-bond acceptors (Lipinski definition) is 5. The third kappa shape index (κ3) is 74.8. The van der Waals surface area contributed by atoms with Gasteiger partial charge in [-0.05, 0) is 109 Å². The number of allylic oxidation sites excluding steroid dienone is 20. The maximum Gasteiger partial charge on any atom is 0.306 e. The summed E-state index contributed by atoms with van der Waals surface area (Å²) in [5.74, 6) is -0.585. The summed E-state index contributed by atoms with van der Waals surface area (Å²) >= 11 is 0. The Balaban J connectivity index is 3.45. The fraction of sp³-hybridized carbons (Fsp3) is 0.735. The summed E-state index contributed by atoms with van der Waals surface area (Å²) in [5.41, 5.74) is 0. The lowest BCUT2D eigenvalue weighted by Gasteiger charge is -2.15. The second kappa shape index (κ2) is 77.5. The third-order valence-corrected chi connectivity index (χ3v) is 16.7. The highest BCUT2D eigenvalue weighted by molar-refractivity contribution is 5.70. The number of aliphatic hydroxyl groups is 1. The number of ether oxygens (including phenoxy) is 2. The molecule has 0 fully saturated rings. The van der Waals surface area contributed by atoms with Crippen molar-refractivity contribution < 1.29 is 24.2 Å². The molecule has 0 aliphatic rings. The van der Waals surface area contributed by atoms with Crippen LogP contribution in [0, 0.1) is 0 Å². The van der Waals surface area contributed by atoms with Crippen molar-refractivity contribution in [2.75, 3.05) is 13.2 Å². The minimum atomic E-state index is -0.782. The van der Waals surface area contributed by atoms with E-state index in [0.717, 1.165) is 96.3 Å². The molecule has 0 aliphatic heterocycles. The van der Waals surface area contributed by atoms with Gasteiger partial charge in [0.25, 0.3) is 0 Å². The van der Waals surface area contributed by atoms with Gasteiger partial charge in [0, 0.05) is 12.8 Å². The van der Waals surface area contributed by atoms with Gasteiger partial charge in [0.2, 0.25) is 0 Å². The van der Waals surface area contributed by atoms with Crippen molar-refractivity contribution in [1.82, 2.24) is 0 Å². The Morgan fingerprint density at radius 2 is 0.489 bits per heavy atom. The molecule has 506 valence electrons. The Morgan fingerprint density at radius 1 is 0.273 bits per heavy atom. The molecule has 0 aromatic carbocycles. The molecule has 5 nitrogen and oxygen atoms in total. The molecule has 1 atom stereocenters. The van der Waals surface area contributed by atoms with E-state index in [1.54, 1.807) is 0 Å². The predicted molar refractivity (Wildman–Crippen MR) is 389 cm³/mol. The van der Waals surface area contributed by atoms with Gasteiger partial charge in [-0.2, -0.15) is 0 Å². The fourth-order valence-corrected chi connectivity index (χ4v) is 11.1. The van der Waals surface area contributed by atoms with E-state index in [1.165, 1.54) is 250 Å². The van der Waals surface area contributed by atoms with Gasteiger partial charge in [-0.25, -0.2) is 0 Å². The lowest BCUT2D eigenvalue weighted by molar-refractivity contribution is -0.161. The van der Waals surface area contributed by atoms with Crippen molar-refractivity contribution in [1.29, 1.82) is 0 Å². The van der Waals surface area contributed by atoms with Crippen LogP contribution in [0.3, 0.4) is 0 Å². The molecular weight excluding hydrogens is 1080 g/mol. The number of carbonyl (C=O) groups excluding carboxylic acids is 2. The van der Waals surface area contributed by atoms with E-state index in [9.17, 15) is 14.7 Å². The maximum atomic E-state index is 12.4. The van der Waals surface area contributed by atoms with E-state index in [0.29, 0.717) is 12.8 Å². The molecule has 0 aromatic rings. The highest BCUT2D eigenvalue weighted by Gasteiger charge is 2.16. The lowest BCUT2D eigenvalue weighted by Crippen LogP contribution is -2.28. The summed E-state index contributed by atoms with van der Waals surface area (Å²) in [5, 5.41) is 9.72. The zero-order chi connectivity index (χ0) is 63.3. The lowest BCUT2D eigenvalue weighted by atomic mass is 10.0. The standard InChI is InChI=1S/C83H144O5/c1-3-5-7-9-11-13-15-17-19-21-23-25-27-29-31-33-35-37-39-40-41-42-44-45-47-49-51-53-55-57-59-61-63-65-67-69-71-73-75-77-82(85)87-80-81(79-84)88-83(86)78-76-74-72-70-68-66-64-62-60-58-56-54-52-50-48-46-43-38-36-34-32-30-28-26-24-22-20-18-16-14-12-10-8-6-4-2/h6,8,12,14-15,17-18,20-21,23-24,26,30,32,36,38,46,48,52,54,81,84H,3-5,7,9-11,13,16,19,22,25,27-29,31,33-35,37,39-45,47,49-51,53,55-80H2,1-2H3/b8-6-,14-12-,17-15-,20-18-,23-21-,26-24-,32-30-,38-36-,48-46-,54-52-. The molecule has 0 saturated carbocycles. The molecule has 0 rings (SSSR count).